The van der Waals surface area contributed by atoms with Crippen LogP contribution in [0.1, 0.15) is 10.5 Å². The van der Waals surface area contributed by atoms with Gasteiger partial charge in [0.25, 0.3) is 17.4 Å². The van der Waals surface area contributed by atoms with E-state index in [1.165, 1.54) is 24.4 Å². The van der Waals surface area contributed by atoms with E-state index in [2.05, 4.69) is 10.3 Å². The first kappa shape index (κ1) is 16.1. The molecule has 3 aromatic rings. The van der Waals surface area contributed by atoms with Gasteiger partial charge in [-0.1, -0.05) is 36.4 Å². The molecule has 3 rings (SSSR count). The van der Waals surface area contributed by atoms with Gasteiger partial charge in [-0.3, -0.25) is 19.7 Å². The Labute approximate surface area is 142 Å². The number of aromatic nitrogens is 1. The number of rotatable bonds is 5. The third kappa shape index (κ3) is 3.45. The van der Waals surface area contributed by atoms with E-state index in [4.69, 9.17) is 0 Å². The van der Waals surface area contributed by atoms with Crippen LogP contribution in [-0.4, -0.2) is 21.6 Å². The van der Waals surface area contributed by atoms with E-state index in [0.29, 0.717) is 5.56 Å². The first-order chi connectivity index (χ1) is 12.1. The average molecular weight is 335 g/mol. The standard InChI is InChI=1S/C18H13N3O4/c22-17(15-7-4-10-19-15)18(23)20-14-9-8-13(11-16(14)21(24)25)12-5-2-1-3-6-12/h1-11,19H,(H,20,23). The molecule has 0 bridgehead atoms. The predicted octanol–water partition coefficient (Wildman–Crippen LogP) is 3.41. The number of nitro benzene ring substituents is 1. The van der Waals surface area contributed by atoms with Gasteiger partial charge in [-0.05, 0) is 29.3 Å². The molecule has 0 radical (unpaired) electrons. The van der Waals surface area contributed by atoms with Crippen LogP contribution in [0.3, 0.4) is 0 Å². The number of H-pyrrole nitrogens is 1. The van der Waals surface area contributed by atoms with Crippen LogP contribution in [-0.2, 0) is 4.79 Å². The molecule has 7 heteroatoms. The van der Waals surface area contributed by atoms with Crippen LogP contribution < -0.4 is 5.32 Å². The number of benzene rings is 2. The molecule has 25 heavy (non-hydrogen) atoms. The van der Waals surface area contributed by atoms with Crippen LogP contribution in [0, 0.1) is 10.1 Å². The van der Waals surface area contributed by atoms with E-state index in [9.17, 15) is 19.7 Å². The number of carbonyl (C=O) groups excluding carboxylic acids is 2. The Morgan fingerprint density at radius 2 is 1.72 bits per heavy atom. The van der Waals surface area contributed by atoms with Gasteiger partial charge in [-0.2, -0.15) is 0 Å². The van der Waals surface area contributed by atoms with Crippen molar-refractivity contribution in [1.82, 2.24) is 4.98 Å². The summed E-state index contributed by atoms with van der Waals surface area (Å²) in [6.45, 7) is 0. The van der Waals surface area contributed by atoms with Gasteiger partial charge in [0, 0.05) is 12.3 Å². The van der Waals surface area contributed by atoms with E-state index < -0.39 is 16.6 Å². The van der Waals surface area contributed by atoms with Crippen molar-refractivity contribution in [3.63, 3.8) is 0 Å². The van der Waals surface area contributed by atoms with Crippen molar-refractivity contribution in [2.45, 2.75) is 0 Å². The number of hydrogen-bond donors (Lipinski definition) is 2. The van der Waals surface area contributed by atoms with Crippen LogP contribution in [0.4, 0.5) is 11.4 Å². The van der Waals surface area contributed by atoms with Crippen LogP contribution in [0.2, 0.25) is 0 Å². The first-order valence-corrected chi connectivity index (χ1v) is 7.39. The highest BCUT2D eigenvalue weighted by molar-refractivity contribution is 6.46. The second-order valence-corrected chi connectivity index (χ2v) is 5.22. The molecule has 0 fully saturated rings. The van der Waals surface area contributed by atoms with Gasteiger partial charge in [-0.15, -0.1) is 0 Å². The highest BCUT2D eigenvalue weighted by Crippen LogP contribution is 2.30. The zero-order chi connectivity index (χ0) is 17.8. The van der Waals surface area contributed by atoms with Gasteiger partial charge >= 0.3 is 0 Å². The molecule has 0 saturated carbocycles. The van der Waals surface area contributed by atoms with Crippen LogP contribution in [0.5, 0.6) is 0 Å². The summed E-state index contributed by atoms with van der Waals surface area (Å²) in [5.41, 5.74) is 1.25. The Bertz CT molecular complexity index is 934. The number of aromatic amines is 1. The maximum atomic E-state index is 12.0. The number of anilines is 1. The van der Waals surface area contributed by atoms with Gasteiger partial charge in [-0.25, -0.2) is 0 Å². The largest absolute Gasteiger partial charge is 0.358 e. The molecule has 0 atom stereocenters. The number of amides is 1. The summed E-state index contributed by atoms with van der Waals surface area (Å²) in [5.74, 6) is -1.75. The molecule has 2 aromatic carbocycles. The van der Waals surface area contributed by atoms with E-state index in [1.54, 1.807) is 12.1 Å². The summed E-state index contributed by atoms with van der Waals surface area (Å²) in [6, 6.07) is 16.6. The highest BCUT2D eigenvalue weighted by Gasteiger charge is 2.22. The van der Waals surface area contributed by atoms with Crippen molar-refractivity contribution in [2.75, 3.05) is 5.32 Å². The number of Topliss-reactive ketones (excluding diaryl/α,β-unsaturated/α-hetero) is 1. The molecule has 1 aromatic heterocycles. The molecule has 0 aliphatic rings. The Kier molecular flexibility index (Phi) is 4.38. The zero-order valence-electron chi connectivity index (χ0n) is 12.9. The Morgan fingerprint density at radius 1 is 0.960 bits per heavy atom. The summed E-state index contributed by atoms with van der Waals surface area (Å²) in [5, 5.41) is 13.7. The molecule has 0 spiro atoms. The Balaban J connectivity index is 1.90. The van der Waals surface area contributed by atoms with E-state index >= 15 is 0 Å². The molecule has 0 unspecified atom stereocenters. The fourth-order valence-electron chi connectivity index (χ4n) is 2.37. The van der Waals surface area contributed by atoms with Gasteiger partial charge in [0.15, 0.2) is 0 Å². The maximum Gasteiger partial charge on any atom is 0.298 e. The lowest BCUT2D eigenvalue weighted by molar-refractivity contribution is -0.383. The highest BCUT2D eigenvalue weighted by atomic mass is 16.6. The van der Waals surface area contributed by atoms with Crippen molar-refractivity contribution in [3.8, 4) is 11.1 Å². The molecule has 7 nitrogen and oxygen atoms in total. The molecule has 2 N–H and O–H groups in total. The fourth-order valence-corrected chi connectivity index (χ4v) is 2.37. The number of ketones is 1. The van der Waals surface area contributed by atoms with Crippen molar-refractivity contribution in [3.05, 3.63) is 82.7 Å². The Morgan fingerprint density at radius 3 is 2.36 bits per heavy atom. The number of nitrogens with one attached hydrogen (secondary N) is 2. The second-order valence-electron chi connectivity index (χ2n) is 5.22. The van der Waals surface area contributed by atoms with Crippen LogP contribution >= 0.6 is 0 Å². The topological polar surface area (TPSA) is 105 Å². The second kappa shape index (κ2) is 6.79. The minimum atomic E-state index is -0.946. The molecule has 0 aliphatic carbocycles. The lowest BCUT2D eigenvalue weighted by atomic mass is 10.0. The SMILES string of the molecule is O=C(Nc1ccc(-c2ccccc2)cc1[N+](=O)[O-])C(=O)c1ccc[nH]1. The Hall–Kier alpha value is -3.74. The molecular formula is C18H13N3O4. The molecule has 124 valence electrons. The van der Waals surface area contributed by atoms with Crippen molar-refractivity contribution in [1.29, 1.82) is 0 Å². The minimum absolute atomic E-state index is 0.0328. The summed E-state index contributed by atoms with van der Waals surface area (Å²) in [4.78, 5) is 37.4. The summed E-state index contributed by atoms with van der Waals surface area (Å²) < 4.78 is 0. The lowest BCUT2D eigenvalue weighted by Crippen LogP contribution is -2.23. The molecule has 1 heterocycles. The monoisotopic (exact) mass is 335 g/mol. The van der Waals surface area contributed by atoms with E-state index in [-0.39, 0.29) is 17.1 Å². The number of hydrogen-bond acceptors (Lipinski definition) is 4. The number of carbonyl (C=O) groups is 2. The molecular weight excluding hydrogens is 322 g/mol. The van der Waals surface area contributed by atoms with Crippen LogP contribution in [0.25, 0.3) is 11.1 Å². The van der Waals surface area contributed by atoms with E-state index in [0.717, 1.165) is 5.56 Å². The number of nitro groups is 1. The van der Waals surface area contributed by atoms with Crippen molar-refractivity contribution in [2.24, 2.45) is 0 Å². The fraction of sp³-hybridized carbons (Fsp3) is 0. The van der Waals surface area contributed by atoms with Gasteiger partial charge in [0.2, 0.25) is 0 Å². The summed E-state index contributed by atoms with van der Waals surface area (Å²) >= 11 is 0. The third-order valence-electron chi connectivity index (χ3n) is 3.60. The summed E-state index contributed by atoms with van der Waals surface area (Å²) in [7, 11) is 0. The van der Waals surface area contributed by atoms with Crippen LogP contribution in [0.15, 0.2) is 66.9 Å². The quantitative estimate of drug-likeness (QED) is 0.322. The van der Waals surface area contributed by atoms with E-state index in [1.807, 2.05) is 30.3 Å². The van der Waals surface area contributed by atoms with Gasteiger partial charge in [0.05, 0.1) is 10.6 Å². The maximum absolute atomic E-state index is 12.0. The first-order valence-electron chi connectivity index (χ1n) is 7.39. The minimum Gasteiger partial charge on any atom is -0.358 e. The summed E-state index contributed by atoms with van der Waals surface area (Å²) in [6.07, 6.45) is 1.51. The molecule has 1 amide bonds. The molecule has 0 aliphatic heterocycles. The van der Waals surface area contributed by atoms with Gasteiger partial charge in [0.1, 0.15) is 5.69 Å². The smallest absolute Gasteiger partial charge is 0.298 e. The zero-order valence-corrected chi connectivity index (χ0v) is 12.9. The molecule has 0 saturated heterocycles. The van der Waals surface area contributed by atoms with Crippen molar-refractivity contribution < 1.29 is 14.5 Å². The van der Waals surface area contributed by atoms with Crippen molar-refractivity contribution >= 4 is 23.1 Å². The predicted molar refractivity (Wildman–Crippen MR) is 92.3 cm³/mol. The normalized spacial score (nSPS) is 10.2. The average Bonchev–Trinajstić information content (AvgIpc) is 3.16. The third-order valence-corrected chi connectivity index (χ3v) is 3.60. The lowest BCUT2D eigenvalue weighted by Gasteiger charge is -2.07. The van der Waals surface area contributed by atoms with Gasteiger partial charge < -0.3 is 10.3 Å². The number of nitrogens with zero attached hydrogens (tertiary/aromatic N) is 1.